The summed E-state index contributed by atoms with van der Waals surface area (Å²) in [4.78, 5) is 23.8. The van der Waals surface area contributed by atoms with Gasteiger partial charge in [-0.25, -0.2) is 0 Å². The number of hydrogen-bond donors (Lipinski definition) is 1. The molecule has 3 aliphatic rings. The Morgan fingerprint density at radius 2 is 1.67 bits per heavy atom. The Kier molecular flexibility index (Phi) is 6.29. The molecule has 1 N–H and O–H groups in total. The molecule has 2 saturated carbocycles. The molecule has 4 heteroatoms. The smallest absolute Gasteiger partial charge is 0.225 e. The van der Waals surface area contributed by atoms with Crippen LogP contribution in [0.1, 0.15) is 80.9 Å². The third-order valence-electron chi connectivity index (χ3n) is 8.52. The fourth-order valence-corrected chi connectivity index (χ4v) is 6.33. The van der Waals surface area contributed by atoms with Gasteiger partial charge in [0.25, 0.3) is 0 Å². The minimum absolute atomic E-state index is 0.283. The molecule has 1 aromatic heterocycles. The Morgan fingerprint density at radius 1 is 0.944 bits per heavy atom. The van der Waals surface area contributed by atoms with E-state index in [2.05, 4.69) is 72.0 Å². The number of carbonyl (C=O) groups is 1. The highest BCUT2D eigenvalue weighted by atomic mass is 16.2. The zero-order chi connectivity index (χ0) is 24.6. The number of rotatable bonds is 6. The third-order valence-corrected chi connectivity index (χ3v) is 8.52. The van der Waals surface area contributed by atoms with Gasteiger partial charge in [-0.05, 0) is 80.7 Å². The average Bonchev–Trinajstić information content (AvgIpc) is 3.42. The van der Waals surface area contributed by atoms with Crippen LogP contribution in [-0.4, -0.2) is 34.6 Å². The van der Waals surface area contributed by atoms with Crippen LogP contribution in [-0.2, 0) is 4.79 Å². The number of carbonyl (C=O) groups excluding carboxylic acids is 1. The number of H-pyrrole nitrogens is 1. The highest BCUT2D eigenvalue weighted by Gasteiger charge is 2.32. The molecule has 36 heavy (non-hydrogen) atoms. The van der Waals surface area contributed by atoms with Crippen LogP contribution < -0.4 is 0 Å². The molecule has 1 saturated heterocycles. The van der Waals surface area contributed by atoms with Gasteiger partial charge in [-0.1, -0.05) is 49.3 Å². The second-order valence-electron chi connectivity index (χ2n) is 11.2. The second-order valence-corrected chi connectivity index (χ2v) is 11.2. The van der Waals surface area contributed by atoms with Crippen LogP contribution in [0, 0.1) is 11.8 Å². The van der Waals surface area contributed by atoms with E-state index >= 15 is 0 Å². The Bertz CT molecular complexity index is 1310. The molecule has 0 unspecified atom stereocenters. The van der Waals surface area contributed by atoms with E-state index in [0.29, 0.717) is 17.7 Å². The fourth-order valence-electron chi connectivity index (χ4n) is 6.33. The summed E-state index contributed by atoms with van der Waals surface area (Å²) >= 11 is 0. The van der Waals surface area contributed by atoms with Crippen molar-refractivity contribution in [1.29, 1.82) is 0 Å². The van der Waals surface area contributed by atoms with Crippen LogP contribution in [0.2, 0.25) is 0 Å². The molecule has 1 amide bonds. The normalized spacial score (nSPS) is 19.8. The van der Waals surface area contributed by atoms with Crippen molar-refractivity contribution >= 4 is 33.8 Å². The number of benzene rings is 2. The third kappa shape index (κ3) is 4.54. The zero-order valence-electron chi connectivity index (χ0n) is 21.4. The lowest BCUT2D eigenvalue weighted by atomic mass is 9.88. The van der Waals surface area contributed by atoms with Gasteiger partial charge in [0.1, 0.15) is 0 Å². The van der Waals surface area contributed by atoms with Gasteiger partial charge in [0.05, 0.1) is 11.4 Å². The summed E-state index contributed by atoms with van der Waals surface area (Å²) in [6.07, 6.45) is 11.3. The van der Waals surface area contributed by atoms with Gasteiger partial charge in [0, 0.05) is 47.6 Å². The van der Waals surface area contributed by atoms with E-state index in [1.807, 2.05) is 0 Å². The van der Waals surface area contributed by atoms with Crippen molar-refractivity contribution in [2.24, 2.45) is 16.8 Å². The first-order valence-electron chi connectivity index (χ1n) is 13.8. The molecule has 0 spiro atoms. The Balaban J connectivity index is 1.26. The lowest BCUT2D eigenvalue weighted by Gasteiger charge is -2.33. The van der Waals surface area contributed by atoms with Crippen molar-refractivity contribution in [2.75, 3.05) is 13.1 Å². The van der Waals surface area contributed by atoms with Gasteiger partial charge in [0.2, 0.25) is 5.91 Å². The number of fused-ring (bicyclic) bond motifs is 1. The van der Waals surface area contributed by atoms with E-state index < -0.39 is 0 Å². The van der Waals surface area contributed by atoms with Gasteiger partial charge in [0.15, 0.2) is 0 Å². The molecule has 3 aromatic rings. The topological polar surface area (TPSA) is 48.5 Å². The number of aromatic amines is 1. The van der Waals surface area contributed by atoms with Crippen LogP contribution in [0.4, 0.5) is 5.69 Å². The molecule has 2 aliphatic carbocycles. The zero-order valence-corrected chi connectivity index (χ0v) is 21.4. The van der Waals surface area contributed by atoms with E-state index in [4.69, 9.17) is 4.99 Å². The molecule has 0 radical (unpaired) electrons. The summed E-state index contributed by atoms with van der Waals surface area (Å²) in [5.41, 5.74) is 8.28. The summed E-state index contributed by atoms with van der Waals surface area (Å²) in [5.74, 6) is 1.71. The predicted octanol–water partition coefficient (Wildman–Crippen LogP) is 7.63. The molecule has 3 fully saturated rings. The number of piperidine rings is 1. The van der Waals surface area contributed by atoms with E-state index in [1.165, 1.54) is 59.0 Å². The first-order valence-corrected chi connectivity index (χ1v) is 13.8. The molecule has 0 bridgehead atoms. The minimum Gasteiger partial charge on any atom is -0.361 e. The van der Waals surface area contributed by atoms with Crippen LogP contribution in [0.25, 0.3) is 16.5 Å². The maximum absolute atomic E-state index is 12.9. The molecule has 4 nitrogen and oxygen atoms in total. The van der Waals surface area contributed by atoms with Crippen molar-refractivity contribution in [1.82, 2.24) is 9.88 Å². The van der Waals surface area contributed by atoms with Gasteiger partial charge in [-0.15, -0.1) is 0 Å². The van der Waals surface area contributed by atoms with Gasteiger partial charge < -0.3 is 9.88 Å². The highest BCUT2D eigenvalue weighted by molar-refractivity contribution is 6.08. The van der Waals surface area contributed by atoms with E-state index in [1.54, 1.807) is 0 Å². The highest BCUT2D eigenvalue weighted by Crippen LogP contribution is 2.39. The average molecular weight is 480 g/mol. The van der Waals surface area contributed by atoms with Crippen LogP contribution in [0.3, 0.4) is 0 Å². The monoisotopic (exact) mass is 479 g/mol. The van der Waals surface area contributed by atoms with Crippen LogP contribution in [0.15, 0.2) is 60.2 Å². The van der Waals surface area contributed by atoms with E-state index in [9.17, 15) is 4.79 Å². The molecule has 2 aromatic carbocycles. The summed E-state index contributed by atoms with van der Waals surface area (Å²) in [5, 5.41) is 1.28. The van der Waals surface area contributed by atoms with Crippen LogP contribution >= 0.6 is 0 Å². The molecule has 0 atom stereocenters. The number of aliphatic imine (C=N–C) groups is 1. The number of likely N-dealkylation sites (tertiary alicyclic amines) is 1. The number of allylic oxidation sites excluding steroid dienone is 1. The number of nitrogens with one attached hydrogen (secondary N) is 1. The maximum atomic E-state index is 12.9. The van der Waals surface area contributed by atoms with Crippen molar-refractivity contribution in [3.8, 4) is 0 Å². The molecule has 2 heterocycles. The van der Waals surface area contributed by atoms with E-state index in [-0.39, 0.29) is 5.92 Å². The largest absolute Gasteiger partial charge is 0.361 e. The first-order chi connectivity index (χ1) is 17.6. The van der Waals surface area contributed by atoms with Crippen LogP contribution in [0.5, 0.6) is 0 Å². The Labute approximate surface area is 214 Å². The number of hydrogen-bond acceptors (Lipinski definition) is 2. The lowest BCUT2D eigenvalue weighted by Crippen LogP contribution is -2.40. The summed E-state index contributed by atoms with van der Waals surface area (Å²) < 4.78 is 0. The van der Waals surface area contributed by atoms with E-state index in [0.717, 1.165) is 50.0 Å². The van der Waals surface area contributed by atoms with Crippen molar-refractivity contribution < 1.29 is 4.79 Å². The standard InChI is InChI=1S/C32H37N3O/c1-21(2)26-9-5-6-10-27(26)31(23-11-12-23)34-25-13-14-30-28(19-25)29(20-33-30)22-15-17-35(18-16-22)32(36)24-7-3-4-8-24/h5-6,9-10,13-14,19-20,22-24,33H,1,3-4,7-8,11-12,15-18H2,2H3. The predicted molar refractivity (Wildman–Crippen MR) is 149 cm³/mol. The number of nitrogens with zero attached hydrogens (tertiary/aromatic N) is 2. The first kappa shape index (κ1) is 23.3. The van der Waals surface area contributed by atoms with Crippen molar-refractivity contribution in [3.05, 3.63) is 71.9 Å². The molecular formula is C32H37N3O. The Morgan fingerprint density at radius 3 is 2.36 bits per heavy atom. The van der Waals surface area contributed by atoms with Crippen molar-refractivity contribution in [2.45, 2.75) is 64.2 Å². The SMILES string of the molecule is C=C(C)c1ccccc1C(=Nc1ccc2[nH]cc(C3CCN(C(=O)C4CCCC4)CC3)c2c1)C1CC1. The molecule has 186 valence electrons. The molecule has 6 rings (SSSR count). The summed E-state index contributed by atoms with van der Waals surface area (Å²) in [7, 11) is 0. The van der Waals surface area contributed by atoms with Gasteiger partial charge in [-0.2, -0.15) is 0 Å². The van der Waals surface area contributed by atoms with Gasteiger partial charge in [-0.3, -0.25) is 9.79 Å². The van der Waals surface area contributed by atoms with Crippen molar-refractivity contribution in [3.63, 3.8) is 0 Å². The Hall–Kier alpha value is -3.14. The lowest BCUT2D eigenvalue weighted by molar-refractivity contribution is -0.136. The summed E-state index contributed by atoms with van der Waals surface area (Å²) in [6, 6.07) is 15.1. The fraction of sp³-hybridized carbons (Fsp3) is 0.438. The quantitative estimate of drug-likeness (QED) is 0.363. The molecule has 1 aliphatic heterocycles. The minimum atomic E-state index is 0.283. The number of aromatic nitrogens is 1. The van der Waals surface area contributed by atoms with Gasteiger partial charge >= 0.3 is 0 Å². The maximum Gasteiger partial charge on any atom is 0.225 e. The number of amides is 1. The molecular weight excluding hydrogens is 442 g/mol. The second kappa shape index (κ2) is 9.72. The summed E-state index contributed by atoms with van der Waals surface area (Å²) in [6.45, 7) is 8.05.